The first kappa shape index (κ1) is 24.6. The van der Waals surface area contributed by atoms with Gasteiger partial charge >= 0.3 is 15.5 Å². The maximum Gasteiger partial charge on any atom is 0.511 e. The van der Waals surface area contributed by atoms with E-state index in [0.29, 0.717) is 43.3 Å². The van der Waals surface area contributed by atoms with E-state index in [1.54, 1.807) is 19.1 Å². The molecule has 0 aliphatic heterocycles. The van der Waals surface area contributed by atoms with Gasteiger partial charge in [0.1, 0.15) is 0 Å². The fourth-order valence-electron chi connectivity index (χ4n) is 3.39. The van der Waals surface area contributed by atoms with E-state index in [1.807, 2.05) is 0 Å². The lowest BCUT2D eigenvalue weighted by Crippen LogP contribution is -2.39. The minimum Gasteiger partial charge on any atom is -0.494 e. The zero-order chi connectivity index (χ0) is 24.0. The van der Waals surface area contributed by atoms with Crippen molar-refractivity contribution in [3.63, 3.8) is 0 Å². The third kappa shape index (κ3) is 4.27. The normalized spacial score (nSPS) is 12.8. The van der Waals surface area contributed by atoms with Gasteiger partial charge in [0.15, 0.2) is 0 Å². The maximum atomic E-state index is 12.8. The average Bonchev–Trinajstić information content (AvgIpc) is 2.99. The molecule has 0 spiro atoms. The van der Waals surface area contributed by atoms with E-state index >= 15 is 0 Å². The lowest BCUT2D eigenvalue weighted by Gasteiger charge is -2.19. The number of hydrogen-bond donors (Lipinski definition) is 2. The quantitative estimate of drug-likeness (QED) is 0.515. The fraction of sp³-hybridized carbons (Fsp3) is 0.316. The first-order valence-corrected chi connectivity index (χ1v) is 11.4. The van der Waals surface area contributed by atoms with Gasteiger partial charge in [0.2, 0.25) is 5.88 Å². The topological polar surface area (TPSA) is 101 Å². The Balaban J connectivity index is 2.12. The second-order valence-electron chi connectivity index (χ2n) is 7.06. The molecule has 174 valence electrons. The Kier molecular flexibility index (Phi) is 6.69. The number of likely N-dealkylation sites (N-methyl/N-ethyl adjacent to an activating group) is 1. The van der Waals surface area contributed by atoms with E-state index in [1.165, 1.54) is 16.8 Å². The Morgan fingerprint density at radius 3 is 2.50 bits per heavy atom. The Morgan fingerprint density at radius 1 is 1.28 bits per heavy atom. The second-order valence-corrected chi connectivity index (χ2v) is 9.94. The Morgan fingerprint density at radius 2 is 1.94 bits per heavy atom. The molecule has 0 saturated carbocycles. The van der Waals surface area contributed by atoms with Crippen LogP contribution in [0.3, 0.4) is 0 Å². The monoisotopic (exact) mass is 510 g/mol. The Bertz CT molecular complexity index is 1290. The van der Waals surface area contributed by atoms with Crippen LogP contribution in [0, 0.1) is 6.92 Å². The SMILES string of the molecule is Cc1nc2cn(CCN(C)S(=O)(=O)C(F)(F)F)c(O)c2c(-c2ccc(Cl)cc2Cl)c1CN. The molecule has 3 N–H and O–H groups in total. The first-order chi connectivity index (χ1) is 14.8. The first-order valence-electron chi connectivity index (χ1n) is 9.19. The summed E-state index contributed by atoms with van der Waals surface area (Å²) in [5.74, 6) is -0.305. The highest BCUT2D eigenvalue weighted by atomic mass is 35.5. The molecule has 0 aliphatic carbocycles. The van der Waals surface area contributed by atoms with Crippen LogP contribution < -0.4 is 5.73 Å². The highest BCUT2D eigenvalue weighted by Crippen LogP contribution is 2.42. The Labute approximate surface area is 192 Å². The molecule has 0 bridgehead atoms. The van der Waals surface area contributed by atoms with E-state index in [9.17, 15) is 26.7 Å². The van der Waals surface area contributed by atoms with Crippen molar-refractivity contribution in [3.8, 4) is 17.0 Å². The Hall–Kier alpha value is -2.05. The fourth-order valence-corrected chi connectivity index (χ4v) is 4.57. The smallest absolute Gasteiger partial charge is 0.494 e. The van der Waals surface area contributed by atoms with Crippen molar-refractivity contribution in [2.45, 2.75) is 25.5 Å². The third-order valence-electron chi connectivity index (χ3n) is 5.07. The minimum atomic E-state index is -5.49. The number of rotatable bonds is 6. The third-order valence-corrected chi connectivity index (χ3v) is 7.21. The summed E-state index contributed by atoms with van der Waals surface area (Å²) in [7, 11) is -4.68. The summed E-state index contributed by atoms with van der Waals surface area (Å²) in [5.41, 5.74) is 3.11. The van der Waals surface area contributed by atoms with Crippen molar-refractivity contribution in [1.29, 1.82) is 0 Å². The van der Waals surface area contributed by atoms with Gasteiger partial charge in [-0.3, -0.25) is 4.98 Å². The summed E-state index contributed by atoms with van der Waals surface area (Å²) >= 11 is 12.4. The van der Waals surface area contributed by atoms with Crippen LogP contribution in [-0.2, 0) is 23.1 Å². The summed E-state index contributed by atoms with van der Waals surface area (Å²) in [5, 5.41) is 11.9. The van der Waals surface area contributed by atoms with Crippen LogP contribution in [0.5, 0.6) is 5.88 Å². The number of alkyl halides is 3. The minimum absolute atomic E-state index is 0.0836. The number of pyridine rings is 1. The molecule has 3 rings (SSSR count). The molecular formula is C19H19Cl2F3N4O3S. The highest BCUT2D eigenvalue weighted by molar-refractivity contribution is 7.89. The molecule has 1 aromatic carbocycles. The molecule has 0 amide bonds. The van der Waals surface area contributed by atoms with Crippen LogP contribution in [0.1, 0.15) is 11.3 Å². The highest BCUT2D eigenvalue weighted by Gasteiger charge is 2.48. The largest absolute Gasteiger partial charge is 0.511 e. The lowest BCUT2D eigenvalue weighted by molar-refractivity contribution is -0.0483. The van der Waals surface area contributed by atoms with E-state index < -0.39 is 22.1 Å². The van der Waals surface area contributed by atoms with Gasteiger partial charge in [-0.15, -0.1) is 0 Å². The second kappa shape index (κ2) is 8.71. The number of nitrogens with zero attached hydrogens (tertiary/aromatic N) is 3. The molecule has 7 nitrogen and oxygen atoms in total. The number of sulfonamides is 1. The molecule has 13 heteroatoms. The van der Waals surface area contributed by atoms with Crippen LogP contribution in [0.2, 0.25) is 10.0 Å². The van der Waals surface area contributed by atoms with Gasteiger partial charge in [-0.05, 0) is 24.6 Å². The summed E-state index contributed by atoms with van der Waals surface area (Å²) in [6.45, 7) is 1.03. The molecule has 0 saturated heterocycles. The molecule has 0 aliphatic rings. The number of nitrogens with two attached hydrogens (primary N) is 1. The van der Waals surface area contributed by atoms with Gasteiger partial charge in [-0.25, -0.2) is 8.42 Å². The van der Waals surface area contributed by atoms with Gasteiger partial charge in [0.25, 0.3) is 0 Å². The van der Waals surface area contributed by atoms with Crippen molar-refractivity contribution in [1.82, 2.24) is 13.9 Å². The number of halogens is 5. The molecule has 2 heterocycles. The zero-order valence-electron chi connectivity index (χ0n) is 16.9. The number of hydrogen-bond acceptors (Lipinski definition) is 5. The predicted octanol–water partition coefficient (Wildman–Crippen LogP) is 4.26. The van der Waals surface area contributed by atoms with Gasteiger partial charge in [-0.1, -0.05) is 29.3 Å². The van der Waals surface area contributed by atoms with Gasteiger partial charge in [0.05, 0.1) is 10.9 Å². The van der Waals surface area contributed by atoms with Crippen molar-refractivity contribution < 1.29 is 26.7 Å². The number of aromatic nitrogens is 2. The van der Waals surface area contributed by atoms with Gasteiger partial charge < -0.3 is 15.4 Å². The summed E-state index contributed by atoms with van der Waals surface area (Å²) in [6, 6.07) is 4.82. The van der Waals surface area contributed by atoms with Gasteiger partial charge in [0, 0.05) is 59.7 Å². The zero-order valence-corrected chi connectivity index (χ0v) is 19.2. The van der Waals surface area contributed by atoms with Crippen LogP contribution in [0.4, 0.5) is 13.2 Å². The van der Waals surface area contributed by atoms with E-state index in [2.05, 4.69) is 4.98 Å². The van der Waals surface area contributed by atoms with Crippen LogP contribution in [-0.4, -0.2) is 46.5 Å². The molecule has 3 aromatic rings. The lowest BCUT2D eigenvalue weighted by atomic mass is 9.95. The molecule has 0 unspecified atom stereocenters. The summed E-state index contributed by atoms with van der Waals surface area (Å²) in [6.07, 6.45) is 1.43. The molecule has 2 aromatic heterocycles. The van der Waals surface area contributed by atoms with Crippen LogP contribution in [0.25, 0.3) is 22.0 Å². The molecular weight excluding hydrogens is 492 g/mol. The van der Waals surface area contributed by atoms with E-state index in [4.69, 9.17) is 28.9 Å². The average molecular weight is 511 g/mol. The van der Waals surface area contributed by atoms with Crippen LogP contribution >= 0.6 is 23.2 Å². The number of fused-ring (bicyclic) bond motifs is 1. The van der Waals surface area contributed by atoms with E-state index in [-0.39, 0.29) is 23.3 Å². The predicted molar refractivity (Wildman–Crippen MR) is 117 cm³/mol. The van der Waals surface area contributed by atoms with E-state index in [0.717, 1.165) is 7.05 Å². The van der Waals surface area contributed by atoms with Gasteiger partial charge in [-0.2, -0.15) is 17.5 Å². The standard InChI is InChI=1S/C19H19Cl2F3N4O3S/c1-10-13(8-25)16(12-4-3-11(20)7-14(12)21)17-15(26-10)9-28(18(17)29)6-5-27(2)32(30,31)19(22,23)24/h3-4,7,9,29H,5-6,8,25H2,1-2H3. The number of benzene rings is 1. The molecule has 32 heavy (non-hydrogen) atoms. The van der Waals surface area contributed by atoms with Crippen LogP contribution in [0.15, 0.2) is 24.4 Å². The van der Waals surface area contributed by atoms with Crippen molar-refractivity contribution in [3.05, 3.63) is 45.7 Å². The number of aromatic hydroxyl groups is 1. The molecule has 0 radical (unpaired) electrons. The van der Waals surface area contributed by atoms with Crippen molar-refractivity contribution in [2.75, 3.05) is 13.6 Å². The molecule has 0 fully saturated rings. The number of aryl methyl sites for hydroxylation is 1. The molecule has 0 atom stereocenters. The maximum absolute atomic E-state index is 12.8. The summed E-state index contributed by atoms with van der Waals surface area (Å²) < 4.78 is 62.8. The summed E-state index contributed by atoms with van der Waals surface area (Å²) in [4.78, 5) is 4.43. The van der Waals surface area contributed by atoms with Crippen molar-refractivity contribution in [2.24, 2.45) is 5.73 Å². The van der Waals surface area contributed by atoms with Crippen molar-refractivity contribution >= 4 is 44.1 Å².